The van der Waals surface area contributed by atoms with E-state index in [-0.39, 0.29) is 11.2 Å². The maximum absolute atomic E-state index is 8.55. The lowest BCUT2D eigenvalue weighted by molar-refractivity contribution is -0.0567. The summed E-state index contributed by atoms with van der Waals surface area (Å²) in [6, 6.07) is 2.06. The van der Waals surface area contributed by atoms with E-state index < -0.39 is 0 Å². The van der Waals surface area contributed by atoms with Gasteiger partial charge in [0.2, 0.25) is 0 Å². The van der Waals surface area contributed by atoms with Crippen LogP contribution >= 0.6 is 0 Å². The molecule has 0 amide bonds. The fourth-order valence-electron chi connectivity index (χ4n) is 1.77. The van der Waals surface area contributed by atoms with E-state index in [9.17, 15) is 0 Å². The Hall–Kier alpha value is -0.810. The van der Waals surface area contributed by atoms with E-state index in [2.05, 4.69) is 6.07 Å². The molecule has 0 spiro atoms. The first-order chi connectivity index (χ1) is 5.37. The first kappa shape index (κ1) is 9.28. The maximum Gasteiger partial charge on any atom is 0.0912 e. The third-order valence-electron chi connectivity index (χ3n) is 2.16. The lowest BCUT2D eigenvalue weighted by Gasteiger charge is -2.23. The van der Waals surface area contributed by atoms with Crippen LogP contribution in [0.15, 0.2) is 11.6 Å². The average Bonchev–Trinajstić information content (AvgIpc) is 2.01. The molecule has 1 rings (SSSR count). The average molecular weight is 165 g/mol. The van der Waals surface area contributed by atoms with Crippen molar-refractivity contribution in [1.29, 1.82) is 5.26 Å². The lowest BCUT2D eigenvalue weighted by atomic mass is 9.94. The maximum atomic E-state index is 8.55. The Kier molecular flexibility index (Phi) is 2.01. The highest BCUT2D eigenvalue weighted by molar-refractivity contribution is 5.27. The van der Waals surface area contributed by atoms with Gasteiger partial charge in [-0.1, -0.05) is 0 Å². The van der Waals surface area contributed by atoms with Crippen LogP contribution in [0.2, 0.25) is 0 Å². The van der Waals surface area contributed by atoms with Crippen LogP contribution in [-0.4, -0.2) is 11.2 Å². The third-order valence-corrected chi connectivity index (χ3v) is 2.16. The topological polar surface area (TPSA) is 33.0 Å². The fourth-order valence-corrected chi connectivity index (χ4v) is 1.77. The monoisotopic (exact) mass is 165 g/mol. The Balaban J connectivity index is 2.94. The third kappa shape index (κ3) is 1.67. The predicted molar refractivity (Wildman–Crippen MR) is 47.6 cm³/mol. The van der Waals surface area contributed by atoms with Crippen molar-refractivity contribution >= 4 is 0 Å². The van der Waals surface area contributed by atoms with Crippen LogP contribution < -0.4 is 0 Å². The number of hydrogen-bond acceptors (Lipinski definition) is 2. The molecule has 0 aliphatic carbocycles. The molecular formula is C10H15NO. The summed E-state index contributed by atoms with van der Waals surface area (Å²) in [5.41, 5.74) is 0.709. The number of rotatable bonds is 0. The van der Waals surface area contributed by atoms with Crippen molar-refractivity contribution in [3.8, 4) is 6.07 Å². The van der Waals surface area contributed by atoms with Crippen LogP contribution in [0.1, 0.15) is 34.1 Å². The molecule has 1 fully saturated rings. The zero-order valence-electron chi connectivity index (χ0n) is 8.14. The second kappa shape index (κ2) is 2.60. The van der Waals surface area contributed by atoms with E-state index >= 15 is 0 Å². The molecule has 2 heteroatoms. The highest BCUT2D eigenvalue weighted by Crippen LogP contribution is 2.41. The number of ether oxygens (including phenoxy) is 1. The van der Waals surface area contributed by atoms with E-state index in [1.165, 1.54) is 0 Å². The molecule has 0 bridgehead atoms. The number of hydrogen-bond donors (Lipinski definition) is 0. The van der Waals surface area contributed by atoms with Gasteiger partial charge in [-0.3, -0.25) is 0 Å². The Bertz CT molecular complexity index is 256. The molecule has 1 heterocycles. The first-order valence-electron chi connectivity index (χ1n) is 4.17. The van der Waals surface area contributed by atoms with Gasteiger partial charge in [-0.25, -0.2) is 0 Å². The summed E-state index contributed by atoms with van der Waals surface area (Å²) in [6.07, 6.45) is 2.46. The summed E-state index contributed by atoms with van der Waals surface area (Å²) in [4.78, 5) is 0. The van der Waals surface area contributed by atoms with Gasteiger partial charge >= 0.3 is 0 Å². The second-order valence-electron chi connectivity index (χ2n) is 4.35. The summed E-state index contributed by atoms with van der Waals surface area (Å²) in [5, 5.41) is 8.55. The van der Waals surface area contributed by atoms with Crippen LogP contribution in [-0.2, 0) is 4.74 Å². The van der Waals surface area contributed by atoms with E-state index in [4.69, 9.17) is 10.00 Å². The fraction of sp³-hybridized carbons (Fsp3) is 0.700. The molecule has 0 aromatic heterocycles. The van der Waals surface area contributed by atoms with Crippen LogP contribution in [0, 0.1) is 11.3 Å². The molecule has 0 unspecified atom stereocenters. The zero-order valence-corrected chi connectivity index (χ0v) is 8.14. The molecule has 1 aliphatic heterocycles. The van der Waals surface area contributed by atoms with Crippen molar-refractivity contribution in [3.63, 3.8) is 0 Å². The van der Waals surface area contributed by atoms with Gasteiger partial charge in [0.15, 0.2) is 0 Å². The Morgan fingerprint density at radius 1 is 1.42 bits per heavy atom. The molecule has 0 aromatic rings. The normalized spacial score (nSPS) is 28.8. The molecule has 12 heavy (non-hydrogen) atoms. The van der Waals surface area contributed by atoms with Crippen molar-refractivity contribution in [1.82, 2.24) is 0 Å². The van der Waals surface area contributed by atoms with Crippen LogP contribution in [0.4, 0.5) is 0 Å². The predicted octanol–water partition coefficient (Wildman–Crippen LogP) is 2.41. The van der Waals surface area contributed by atoms with Gasteiger partial charge < -0.3 is 4.74 Å². The summed E-state index contributed by atoms with van der Waals surface area (Å²) in [5.74, 6) is 0. The molecule has 0 saturated carbocycles. The highest BCUT2D eigenvalue weighted by atomic mass is 16.5. The SMILES string of the molecule is CC1(C)C/C(=C\C#N)C(C)(C)O1. The number of allylic oxidation sites excluding steroid dienone is 1. The van der Waals surface area contributed by atoms with Gasteiger partial charge in [0, 0.05) is 12.5 Å². The summed E-state index contributed by atoms with van der Waals surface area (Å²) >= 11 is 0. The number of nitriles is 1. The van der Waals surface area contributed by atoms with Gasteiger partial charge in [-0.05, 0) is 33.3 Å². The second-order valence-corrected chi connectivity index (χ2v) is 4.35. The molecule has 0 atom stereocenters. The van der Waals surface area contributed by atoms with Crippen LogP contribution in [0.5, 0.6) is 0 Å². The molecule has 0 radical (unpaired) electrons. The van der Waals surface area contributed by atoms with Crippen molar-refractivity contribution in [2.24, 2.45) is 0 Å². The van der Waals surface area contributed by atoms with E-state index in [0.717, 1.165) is 12.0 Å². The molecular weight excluding hydrogens is 150 g/mol. The largest absolute Gasteiger partial charge is 0.365 e. The minimum Gasteiger partial charge on any atom is -0.365 e. The molecule has 1 aliphatic rings. The standard InChI is InChI=1S/C10H15NO/c1-9(2)7-8(5-6-11)10(3,4)12-9/h5H,7H2,1-4H3/b8-5+. The molecule has 1 saturated heterocycles. The first-order valence-corrected chi connectivity index (χ1v) is 4.17. The molecule has 0 aromatic carbocycles. The van der Waals surface area contributed by atoms with Gasteiger partial charge in [0.25, 0.3) is 0 Å². The smallest absolute Gasteiger partial charge is 0.0912 e. The van der Waals surface area contributed by atoms with Crippen LogP contribution in [0.3, 0.4) is 0 Å². The van der Waals surface area contributed by atoms with Crippen LogP contribution in [0.25, 0.3) is 0 Å². The van der Waals surface area contributed by atoms with Gasteiger partial charge in [-0.15, -0.1) is 0 Å². The summed E-state index contributed by atoms with van der Waals surface area (Å²) in [7, 11) is 0. The minimum atomic E-state index is -0.265. The zero-order chi connectivity index (χ0) is 9.41. The Morgan fingerprint density at radius 3 is 2.33 bits per heavy atom. The molecule has 0 N–H and O–H groups in total. The van der Waals surface area contributed by atoms with Crippen molar-refractivity contribution in [2.45, 2.75) is 45.3 Å². The minimum absolute atomic E-state index is 0.119. The number of nitrogens with zero attached hydrogens (tertiary/aromatic N) is 1. The van der Waals surface area contributed by atoms with Crippen molar-refractivity contribution < 1.29 is 4.74 Å². The van der Waals surface area contributed by atoms with Crippen molar-refractivity contribution in [3.05, 3.63) is 11.6 Å². The molecule has 2 nitrogen and oxygen atoms in total. The van der Waals surface area contributed by atoms with E-state index in [1.807, 2.05) is 27.7 Å². The highest BCUT2D eigenvalue weighted by Gasteiger charge is 2.41. The quantitative estimate of drug-likeness (QED) is 0.516. The van der Waals surface area contributed by atoms with Crippen molar-refractivity contribution in [2.75, 3.05) is 0 Å². The van der Waals surface area contributed by atoms with E-state index in [1.54, 1.807) is 6.08 Å². The molecule has 66 valence electrons. The van der Waals surface area contributed by atoms with Gasteiger partial charge in [0.1, 0.15) is 0 Å². The lowest BCUT2D eigenvalue weighted by Crippen LogP contribution is -2.26. The Labute approximate surface area is 73.8 Å². The van der Waals surface area contributed by atoms with E-state index in [0.29, 0.717) is 0 Å². The Morgan fingerprint density at radius 2 is 2.00 bits per heavy atom. The van der Waals surface area contributed by atoms with Gasteiger partial charge in [-0.2, -0.15) is 5.26 Å². The van der Waals surface area contributed by atoms with Gasteiger partial charge in [0.05, 0.1) is 17.3 Å². The summed E-state index contributed by atoms with van der Waals surface area (Å²) in [6.45, 7) is 8.11. The summed E-state index contributed by atoms with van der Waals surface area (Å²) < 4.78 is 5.78.